The quantitative estimate of drug-likeness (QED) is 0.0444. The summed E-state index contributed by atoms with van der Waals surface area (Å²) in [4.78, 5) is 75.3. The zero-order valence-electron chi connectivity index (χ0n) is 28.0. The highest BCUT2D eigenvalue weighted by molar-refractivity contribution is 7.99. The van der Waals surface area contributed by atoms with Gasteiger partial charge in [0.1, 0.15) is 36.3 Å². The highest BCUT2D eigenvalue weighted by Gasteiger charge is 2.50. The Balaban J connectivity index is 1.53. The van der Waals surface area contributed by atoms with Gasteiger partial charge in [-0.25, -0.2) is 28.6 Å². The summed E-state index contributed by atoms with van der Waals surface area (Å²) in [6.45, 7) is 2.78. The molecule has 0 aliphatic carbocycles. The maximum Gasteiger partial charge on any atom is 0.481 e. The number of allylic oxidation sites excluding steroid dienone is 1. The zero-order valence-corrected chi connectivity index (χ0v) is 31.5. The van der Waals surface area contributed by atoms with Gasteiger partial charge in [0.25, 0.3) is 0 Å². The predicted molar refractivity (Wildman–Crippen MR) is 182 cm³/mol. The average molecular weight is 822 g/mol. The molecule has 0 saturated carbocycles. The lowest BCUT2D eigenvalue weighted by atomic mass is 9.87. The fourth-order valence-electron chi connectivity index (χ4n) is 4.45. The number of nitrogens with zero attached hydrogens (tertiary/aromatic N) is 4. The standard InChI is InChI=1S/C25H42N7O16P3S/c1-4-5-9-52-10-8-27-16(33)6-7-28-23(36)20(35)25(2,3)12-45-51(42,43)48-50(40,41)44-11-15-19(47-49(37,38)39)18(34)24(46-15)32-14-31-17-21(26)29-13-30-22(17)32/h4-5,13-15,18-20,24,34-35H,6-12H2,1-3H3,(H,27,33)(H,28,36)(H,40,41)(H,42,43)(H2,26,29,30)(H2,37,38,39)/t15-,18-,19-,20+,24-/m1/s1. The number of nitrogen functional groups attached to an aromatic ring is 1. The average Bonchev–Trinajstić information content (AvgIpc) is 3.60. The SMILES string of the molecule is CC=CCSCCNC(=O)CCNC(=O)[C@H](O)C(C)(C)COP(=O)(O)OP(=O)(O)OC[C@H]1O[C@@H](n2cnc3c(N)ncnc32)[C@H](O)[C@@H]1OP(=O)(O)O. The first-order valence-electron chi connectivity index (χ1n) is 15.2. The number of carbonyl (C=O) groups excluding carboxylic acids is 2. The third kappa shape index (κ3) is 13.2. The van der Waals surface area contributed by atoms with Gasteiger partial charge in [0.2, 0.25) is 11.8 Å². The van der Waals surface area contributed by atoms with E-state index in [0.717, 1.165) is 23.0 Å². The van der Waals surface area contributed by atoms with Gasteiger partial charge in [-0.1, -0.05) is 26.0 Å². The smallest absolute Gasteiger partial charge is 0.386 e. The Hall–Kier alpha value is -2.37. The molecule has 7 atom stereocenters. The molecule has 2 unspecified atom stereocenters. The molecule has 3 rings (SSSR count). The summed E-state index contributed by atoms with van der Waals surface area (Å²) < 4.78 is 62.0. The number of thioether (sulfide) groups is 1. The molecule has 0 radical (unpaired) electrons. The Bertz CT molecular complexity index is 1710. The summed E-state index contributed by atoms with van der Waals surface area (Å²) in [7, 11) is -16.3. The van der Waals surface area contributed by atoms with Gasteiger partial charge in [-0.05, 0) is 6.92 Å². The topological polar surface area (TPSA) is 347 Å². The maximum absolute atomic E-state index is 12.6. The van der Waals surface area contributed by atoms with Crippen LogP contribution < -0.4 is 16.4 Å². The molecular formula is C25H42N7O16P3S. The minimum atomic E-state index is -5.54. The summed E-state index contributed by atoms with van der Waals surface area (Å²) in [5.74, 6) is 0.208. The number of anilines is 1. The summed E-state index contributed by atoms with van der Waals surface area (Å²) in [5.41, 5.74) is 4.31. The van der Waals surface area contributed by atoms with Crippen LogP contribution in [-0.4, -0.2) is 123 Å². The molecule has 1 aliphatic rings. The Morgan fingerprint density at radius 2 is 1.81 bits per heavy atom. The number of phosphoric ester groups is 3. The van der Waals surface area contributed by atoms with Crippen LogP contribution >= 0.6 is 35.2 Å². The Kier molecular flexibility index (Phi) is 15.9. The second-order valence-corrected chi connectivity index (χ2v) is 17.1. The number of nitrogens with one attached hydrogen (secondary N) is 2. The Labute approximate surface area is 301 Å². The minimum absolute atomic E-state index is 0.0351. The van der Waals surface area contributed by atoms with Gasteiger partial charge in [-0.2, -0.15) is 16.1 Å². The fourth-order valence-corrected chi connectivity index (χ4v) is 8.02. The first kappa shape index (κ1) is 44.0. The molecule has 1 saturated heterocycles. The maximum atomic E-state index is 12.6. The number of aliphatic hydroxyl groups excluding tert-OH is 2. The summed E-state index contributed by atoms with van der Waals surface area (Å²) in [5, 5.41) is 26.4. The second-order valence-electron chi connectivity index (χ2n) is 11.7. The molecule has 10 N–H and O–H groups in total. The summed E-state index contributed by atoms with van der Waals surface area (Å²) in [6.07, 6.45) is -2.82. The molecular weight excluding hydrogens is 779 g/mol. The van der Waals surface area contributed by atoms with Crippen molar-refractivity contribution in [2.45, 2.75) is 57.8 Å². The van der Waals surface area contributed by atoms with E-state index < -0.39 is 78.6 Å². The number of fused-ring (bicyclic) bond motifs is 1. The number of ether oxygens (including phenoxy) is 1. The Morgan fingerprint density at radius 3 is 2.48 bits per heavy atom. The lowest BCUT2D eigenvalue weighted by Gasteiger charge is -2.30. The number of imidazole rings is 1. The van der Waals surface area contributed by atoms with Crippen LogP contribution in [0, 0.1) is 5.41 Å². The van der Waals surface area contributed by atoms with Crippen molar-refractivity contribution in [1.82, 2.24) is 30.2 Å². The summed E-state index contributed by atoms with van der Waals surface area (Å²) >= 11 is 1.62. The van der Waals surface area contributed by atoms with Gasteiger partial charge >= 0.3 is 23.5 Å². The zero-order chi connectivity index (χ0) is 38.9. The predicted octanol–water partition coefficient (Wildman–Crippen LogP) is -0.286. The van der Waals surface area contributed by atoms with Crippen LogP contribution in [0.1, 0.15) is 33.4 Å². The van der Waals surface area contributed by atoms with E-state index in [2.05, 4.69) is 34.4 Å². The van der Waals surface area contributed by atoms with Gasteiger partial charge in [0.15, 0.2) is 17.7 Å². The molecule has 1 aliphatic heterocycles. The van der Waals surface area contributed by atoms with E-state index in [4.69, 9.17) is 19.5 Å². The van der Waals surface area contributed by atoms with Crippen LogP contribution in [0.15, 0.2) is 24.8 Å². The normalized spacial score (nSPS) is 22.6. The first-order chi connectivity index (χ1) is 24.2. The molecule has 2 aromatic rings. The van der Waals surface area contributed by atoms with Crippen molar-refractivity contribution >= 4 is 64.0 Å². The molecule has 0 spiro atoms. The van der Waals surface area contributed by atoms with E-state index in [1.165, 1.54) is 13.8 Å². The van der Waals surface area contributed by atoms with Crippen LogP contribution in [0.4, 0.5) is 5.82 Å². The second kappa shape index (κ2) is 18.8. The van der Waals surface area contributed by atoms with Crippen LogP contribution in [0.25, 0.3) is 11.2 Å². The van der Waals surface area contributed by atoms with Crippen LogP contribution in [-0.2, 0) is 45.9 Å². The molecule has 2 aromatic heterocycles. The van der Waals surface area contributed by atoms with E-state index in [1.807, 2.05) is 19.1 Å². The van der Waals surface area contributed by atoms with E-state index in [1.54, 1.807) is 11.8 Å². The van der Waals surface area contributed by atoms with Crippen LogP contribution in [0.5, 0.6) is 0 Å². The first-order valence-corrected chi connectivity index (χ1v) is 20.9. The highest BCUT2D eigenvalue weighted by Crippen LogP contribution is 2.61. The molecule has 0 bridgehead atoms. The van der Waals surface area contributed by atoms with Gasteiger partial charge in [-0.3, -0.25) is 27.7 Å². The van der Waals surface area contributed by atoms with Gasteiger partial charge in [-0.15, -0.1) is 0 Å². The van der Waals surface area contributed by atoms with E-state index in [9.17, 15) is 53.1 Å². The van der Waals surface area contributed by atoms with Crippen LogP contribution in [0.3, 0.4) is 0 Å². The number of rotatable bonds is 21. The van der Waals surface area contributed by atoms with E-state index in [0.29, 0.717) is 12.3 Å². The lowest BCUT2D eigenvalue weighted by molar-refractivity contribution is -0.137. The summed E-state index contributed by atoms with van der Waals surface area (Å²) in [6, 6.07) is 0. The molecule has 1 fully saturated rings. The van der Waals surface area contributed by atoms with Crippen LogP contribution in [0.2, 0.25) is 0 Å². The van der Waals surface area contributed by atoms with Gasteiger partial charge in [0, 0.05) is 36.4 Å². The molecule has 2 amide bonds. The van der Waals surface area contributed by atoms with E-state index in [-0.39, 0.29) is 35.9 Å². The van der Waals surface area contributed by atoms with Crippen molar-refractivity contribution in [2.75, 3.05) is 43.5 Å². The van der Waals surface area contributed by atoms with Crippen molar-refractivity contribution in [3.63, 3.8) is 0 Å². The third-order valence-corrected chi connectivity index (χ3v) is 11.1. The number of hydrogen-bond acceptors (Lipinski definition) is 17. The number of carbonyl (C=O) groups is 2. The Morgan fingerprint density at radius 1 is 1.12 bits per heavy atom. The number of amides is 2. The molecule has 294 valence electrons. The van der Waals surface area contributed by atoms with Crippen molar-refractivity contribution in [3.05, 3.63) is 24.8 Å². The lowest BCUT2D eigenvalue weighted by Crippen LogP contribution is -2.46. The number of aromatic nitrogens is 4. The third-order valence-electron chi connectivity index (χ3n) is 7.10. The molecule has 0 aromatic carbocycles. The van der Waals surface area contributed by atoms with Crippen molar-refractivity contribution in [3.8, 4) is 0 Å². The largest absolute Gasteiger partial charge is 0.481 e. The molecule has 23 nitrogen and oxygen atoms in total. The van der Waals surface area contributed by atoms with Gasteiger partial charge < -0.3 is 50.9 Å². The van der Waals surface area contributed by atoms with E-state index >= 15 is 0 Å². The van der Waals surface area contributed by atoms with Gasteiger partial charge in [0.05, 0.1) is 19.5 Å². The van der Waals surface area contributed by atoms with Crippen molar-refractivity contribution in [2.24, 2.45) is 5.41 Å². The molecule has 52 heavy (non-hydrogen) atoms. The number of aliphatic hydroxyl groups is 2. The monoisotopic (exact) mass is 821 g/mol. The van der Waals surface area contributed by atoms with Crippen molar-refractivity contribution in [1.29, 1.82) is 0 Å². The molecule has 27 heteroatoms. The number of hydrogen-bond donors (Lipinski definition) is 9. The fraction of sp³-hybridized carbons (Fsp3) is 0.640. The number of phosphoric acid groups is 3. The highest BCUT2D eigenvalue weighted by atomic mass is 32.2. The molecule has 3 heterocycles. The number of nitrogens with two attached hydrogens (primary N) is 1. The van der Waals surface area contributed by atoms with Crippen molar-refractivity contribution < 1.29 is 75.7 Å². The minimum Gasteiger partial charge on any atom is -0.386 e.